The van der Waals surface area contributed by atoms with E-state index in [0.717, 1.165) is 24.1 Å². The third-order valence-corrected chi connectivity index (χ3v) is 6.86. The van der Waals surface area contributed by atoms with E-state index in [2.05, 4.69) is 10.1 Å². The lowest BCUT2D eigenvalue weighted by atomic mass is 10.1. The van der Waals surface area contributed by atoms with E-state index in [-0.39, 0.29) is 58.9 Å². The average Bonchev–Trinajstić information content (AvgIpc) is 3.56. The van der Waals surface area contributed by atoms with Gasteiger partial charge in [-0.3, -0.25) is 9.13 Å². The molecule has 1 aromatic heterocycles. The molecular formula is C23H19Cl2F3N4O4. The summed E-state index contributed by atoms with van der Waals surface area (Å²) >= 11 is 12.1. The third-order valence-electron chi connectivity index (χ3n) is 6.27. The van der Waals surface area contributed by atoms with Gasteiger partial charge in [0.15, 0.2) is 0 Å². The van der Waals surface area contributed by atoms with Crippen LogP contribution in [-0.2, 0) is 13.1 Å². The van der Waals surface area contributed by atoms with E-state index in [1.807, 2.05) is 30.3 Å². The molecule has 13 heteroatoms. The molecule has 0 spiro atoms. The molecule has 0 unspecified atom stereocenters. The van der Waals surface area contributed by atoms with Crippen LogP contribution < -0.4 is 15.7 Å². The summed E-state index contributed by atoms with van der Waals surface area (Å²) in [7, 11) is 0. The molecule has 2 N–H and O–H groups in total. The maximum absolute atomic E-state index is 13.0. The molecule has 8 nitrogen and oxygen atoms in total. The number of fused-ring (bicyclic) bond motifs is 1. The number of nitrogens with zero attached hydrogens (tertiary/aromatic N) is 3. The first-order valence-electron chi connectivity index (χ1n) is 10.9. The monoisotopic (exact) mass is 542 g/mol. The third kappa shape index (κ3) is 4.60. The minimum atomic E-state index is -4.93. The van der Waals surface area contributed by atoms with Gasteiger partial charge in [-0.2, -0.15) is 0 Å². The number of amides is 2. The van der Waals surface area contributed by atoms with Crippen molar-refractivity contribution < 1.29 is 27.8 Å². The van der Waals surface area contributed by atoms with E-state index in [1.54, 1.807) is 0 Å². The summed E-state index contributed by atoms with van der Waals surface area (Å²) in [5.41, 5.74) is 0.953. The number of alkyl halides is 3. The molecule has 2 amide bonds. The van der Waals surface area contributed by atoms with Gasteiger partial charge in [0.25, 0.3) is 0 Å². The first-order chi connectivity index (χ1) is 17.0. The summed E-state index contributed by atoms with van der Waals surface area (Å²) in [5.74, 6) is -0.699. The van der Waals surface area contributed by atoms with Gasteiger partial charge in [0.05, 0.1) is 22.3 Å². The average molecular weight is 543 g/mol. The number of imidazole rings is 1. The molecule has 0 bridgehead atoms. The summed E-state index contributed by atoms with van der Waals surface area (Å²) in [6.45, 7) is 0.247. The molecule has 2 atom stereocenters. The van der Waals surface area contributed by atoms with Crippen molar-refractivity contribution in [3.8, 4) is 11.6 Å². The number of carbonyl (C=O) groups excluding carboxylic acids is 1. The van der Waals surface area contributed by atoms with E-state index >= 15 is 0 Å². The van der Waals surface area contributed by atoms with Gasteiger partial charge in [-0.1, -0.05) is 53.5 Å². The second-order valence-corrected chi connectivity index (χ2v) is 9.37. The molecule has 5 rings (SSSR count). The van der Waals surface area contributed by atoms with Gasteiger partial charge in [-0.15, -0.1) is 13.2 Å². The topological polar surface area (TPSA) is 88.7 Å². The Bertz CT molecular complexity index is 1370. The lowest BCUT2D eigenvalue weighted by molar-refractivity contribution is -0.274. The Hall–Kier alpha value is -3.31. The Labute approximate surface area is 212 Å². The molecule has 1 aliphatic carbocycles. The summed E-state index contributed by atoms with van der Waals surface area (Å²) in [4.78, 5) is 27.2. The molecule has 190 valence electrons. The van der Waals surface area contributed by atoms with Crippen molar-refractivity contribution in [1.29, 1.82) is 0 Å². The molecule has 0 radical (unpaired) electrons. The van der Waals surface area contributed by atoms with Crippen molar-refractivity contribution >= 4 is 34.9 Å². The lowest BCUT2D eigenvalue weighted by Gasteiger charge is -2.28. The van der Waals surface area contributed by atoms with E-state index in [9.17, 15) is 27.9 Å². The zero-order valence-electron chi connectivity index (χ0n) is 18.4. The van der Waals surface area contributed by atoms with E-state index < -0.39 is 18.1 Å². The second-order valence-electron chi connectivity index (χ2n) is 8.56. The van der Waals surface area contributed by atoms with Crippen molar-refractivity contribution in [3.63, 3.8) is 0 Å². The first kappa shape index (κ1) is 24.4. The smallest absolute Gasteiger partial charge is 0.493 e. The fourth-order valence-corrected chi connectivity index (χ4v) is 5.07. The van der Waals surface area contributed by atoms with Gasteiger partial charge < -0.3 is 20.1 Å². The molecule has 0 saturated heterocycles. The van der Waals surface area contributed by atoms with Crippen LogP contribution >= 0.6 is 23.2 Å². The van der Waals surface area contributed by atoms with Crippen LogP contribution in [0.1, 0.15) is 29.6 Å². The molecule has 1 saturated carbocycles. The van der Waals surface area contributed by atoms with Gasteiger partial charge >= 0.3 is 18.1 Å². The zero-order valence-corrected chi connectivity index (χ0v) is 19.9. The zero-order chi connectivity index (χ0) is 25.8. The maximum atomic E-state index is 13.0. The van der Waals surface area contributed by atoms with E-state index in [4.69, 9.17) is 23.2 Å². The highest BCUT2D eigenvalue weighted by Crippen LogP contribution is 2.52. The number of carbonyl (C=O) groups is 1. The van der Waals surface area contributed by atoms with Gasteiger partial charge in [0.1, 0.15) is 11.4 Å². The van der Waals surface area contributed by atoms with Crippen molar-refractivity contribution in [1.82, 2.24) is 14.0 Å². The van der Waals surface area contributed by atoms with Gasteiger partial charge in [-0.25, -0.2) is 9.59 Å². The minimum Gasteiger partial charge on any atom is -0.493 e. The van der Waals surface area contributed by atoms with Crippen LogP contribution in [0.3, 0.4) is 0 Å². The number of hydrogen-bond acceptors (Lipinski definition) is 4. The SMILES string of the molecule is O=C(Nc1c(Cl)cc(OC(F)(F)F)cc1Cl)N1CCn2c(c(O)n([C@H]3C[C@@H]3c3ccccc3)c2=O)C1. The number of benzene rings is 2. The van der Waals surface area contributed by atoms with Crippen molar-refractivity contribution in [2.75, 3.05) is 11.9 Å². The molecule has 3 aromatic rings. The Balaban J connectivity index is 1.32. The number of urea groups is 1. The highest BCUT2D eigenvalue weighted by atomic mass is 35.5. The van der Waals surface area contributed by atoms with Crippen molar-refractivity contribution in [2.24, 2.45) is 0 Å². The molecule has 2 aliphatic rings. The van der Waals surface area contributed by atoms with Crippen LogP contribution in [0.25, 0.3) is 0 Å². The fourth-order valence-electron chi connectivity index (χ4n) is 4.51. The van der Waals surface area contributed by atoms with Crippen molar-refractivity contribution in [3.05, 3.63) is 74.3 Å². The van der Waals surface area contributed by atoms with Crippen molar-refractivity contribution in [2.45, 2.75) is 37.8 Å². The molecule has 1 fully saturated rings. The van der Waals surface area contributed by atoms with Gasteiger partial charge in [0, 0.05) is 37.2 Å². The number of rotatable bonds is 4. The number of halogens is 5. The molecule has 36 heavy (non-hydrogen) atoms. The summed E-state index contributed by atoms with van der Waals surface area (Å²) < 4.78 is 44.1. The largest absolute Gasteiger partial charge is 0.573 e. The van der Waals surface area contributed by atoms with Crippen LogP contribution in [0.5, 0.6) is 11.6 Å². The first-order valence-corrected chi connectivity index (χ1v) is 11.7. The normalized spacial score (nSPS) is 19.1. The number of anilines is 1. The lowest BCUT2D eigenvalue weighted by Crippen LogP contribution is -2.42. The molecule has 2 aromatic carbocycles. The summed E-state index contributed by atoms with van der Waals surface area (Å²) in [6, 6.07) is 10.7. The van der Waals surface area contributed by atoms with E-state index in [0.29, 0.717) is 5.69 Å². The quantitative estimate of drug-likeness (QED) is 0.466. The van der Waals surface area contributed by atoms with Gasteiger partial charge in [-0.05, 0) is 12.0 Å². The Kier molecular flexibility index (Phi) is 6.08. The van der Waals surface area contributed by atoms with Crippen LogP contribution in [0.15, 0.2) is 47.3 Å². The molecule has 2 heterocycles. The molecule has 1 aliphatic heterocycles. The second kappa shape index (κ2) is 8.97. The van der Waals surface area contributed by atoms with Crippen LogP contribution in [0.2, 0.25) is 10.0 Å². The number of aromatic nitrogens is 2. The Morgan fingerprint density at radius 1 is 1.11 bits per heavy atom. The number of nitrogens with one attached hydrogen (secondary N) is 1. The predicted molar refractivity (Wildman–Crippen MR) is 126 cm³/mol. The van der Waals surface area contributed by atoms with Gasteiger partial charge in [0.2, 0.25) is 5.88 Å². The van der Waals surface area contributed by atoms with Crippen LogP contribution in [0.4, 0.5) is 23.7 Å². The standard InChI is InChI=1S/C23H19Cl2F3N4O4/c24-15-8-13(36-23(26,27)28)9-16(25)19(15)29-21(34)30-6-7-31-18(11-30)20(33)32(22(31)35)17-10-14(17)12-4-2-1-3-5-12/h1-5,8-9,14,17,33H,6-7,10-11H2,(H,29,34)/t14-,17+/m1/s1. The fraction of sp³-hybridized carbons (Fsp3) is 0.304. The number of ether oxygens (including phenoxy) is 1. The van der Waals surface area contributed by atoms with E-state index in [1.165, 1.54) is 14.0 Å². The minimum absolute atomic E-state index is 0.0624. The Morgan fingerprint density at radius 3 is 2.42 bits per heavy atom. The summed E-state index contributed by atoms with van der Waals surface area (Å²) in [5, 5.41) is 12.8. The predicted octanol–water partition coefficient (Wildman–Crippen LogP) is 5.34. The van der Waals surface area contributed by atoms with Crippen LogP contribution in [0, 0.1) is 0 Å². The number of aromatic hydroxyl groups is 1. The maximum Gasteiger partial charge on any atom is 0.573 e. The Morgan fingerprint density at radius 2 is 1.78 bits per heavy atom. The highest BCUT2D eigenvalue weighted by molar-refractivity contribution is 6.40. The number of hydrogen-bond donors (Lipinski definition) is 2. The highest BCUT2D eigenvalue weighted by Gasteiger charge is 2.44. The summed E-state index contributed by atoms with van der Waals surface area (Å²) in [6.07, 6.45) is -4.21. The molecular weight excluding hydrogens is 524 g/mol. The van der Waals surface area contributed by atoms with Crippen LogP contribution in [-0.4, -0.2) is 38.1 Å².